The predicted octanol–water partition coefficient (Wildman–Crippen LogP) is 0.293. The number of nitrogens with zero attached hydrogens (tertiary/aromatic N) is 1. The zero-order valence-corrected chi connectivity index (χ0v) is 9.56. The fourth-order valence-corrected chi connectivity index (χ4v) is 1.15. The van der Waals surface area contributed by atoms with E-state index in [9.17, 15) is 9.59 Å². The van der Waals surface area contributed by atoms with E-state index in [1.165, 1.54) is 4.90 Å². The number of aliphatic carboxylic acids is 1. The summed E-state index contributed by atoms with van der Waals surface area (Å²) in [5, 5.41) is 8.44. The van der Waals surface area contributed by atoms with Gasteiger partial charge in [0.25, 0.3) is 0 Å². The predicted molar refractivity (Wildman–Crippen MR) is 57.3 cm³/mol. The van der Waals surface area contributed by atoms with Gasteiger partial charge in [0.15, 0.2) is 0 Å². The van der Waals surface area contributed by atoms with Crippen LogP contribution in [0.25, 0.3) is 0 Å². The smallest absolute Gasteiger partial charge is 0.303 e. The molecule has 1 amide bonds. The van der Waals surface area contributed by atoms with Gasteiger partial charge in [0.1, 0.15) is 0 Å². The van der Waals surface area contributed by atoms with Crippen LogP contribution in [0.15, 0.2) is 0 Å². The molecular weight excluding hydrogens is 196 g/mol. The molecule has 0 aromatic rings. The highest BCUT2D eigenvalue weighted by atomic mass is 16.4. The Bertz CT molecular complexity index is 229. The number of amides is 1. The third-order valence-electron chi connectivity index (χ3n) is 2.44. The molecule has 15 heavy (non-hydrogen) atoms. The van der Waals surface area contributed by atoms with Crippen molar-refractivity contribution in [2.75, 3.05) is 13.6 Å². The normalized spacial score (nSPS) is 14.4. The quantitative estimate of drug-likeness (QED) is 0.668. The van der Waals surface area contributed by atoms with Crippen molar-refractivity contribution in [3.8, 4) is 0 Å². The minimum atomic E-state index is -0.837. The average molecular weight is 216 g/mol. The molecule has 0 aromatic carbocycles. The van der Waals surface area contributed by atoms with Crippen LogP contribution in [-0.4, -0.2) is 41.5 Å². The van der Waals surface area contributed by atoms with Crippen LogP contribution in [-0.2, 0) is 9.59 Å². The Morgan fingerprint density at radius 2 is 1.93 bits per heavy atom. The molecule has 0 saturated carbocycles. The molecule has 2 unspecified atom stereocenters. The van der Waals surface area contributed by atoms with Gasteiger partial charge in [-0.3, -0.25) is 9.59 Å². The zero-order chi connectivity index (χ0) is 12.0. The first kappa shape index (κ1) is 13.9. The molecule has 0 saturated heterocycles. The number of carboxylic acid groups (broad SMARTS) is 1. The second-order valence-electron chi connectivity index (χ2n) is 3.90. The van der Waals surface area contributed by atoms with Crippen LogP contribution in [0.1, 0.15) is 26.7 Å². The summed E-state index contributed by atoms with van der Waals surface area (Å²) in [7, 11) is 1.67. The maximum Gasteiger partial charge on any atom is 0.303 e. The molecule has 0 bridgehead atoms. The van der Waals surface area contributed by atoms with E-state index in [1.807, 2.05) is 0 Å². The summed E-state index contributed by atoms with van der Waals surface area (Å²) < 4.78 is 0. The number of carboxylic acids is 1. The summed E-state index contributed by atoms with van der Waals surface area (Å²) in [5.74, 6) is -1.09. The number of rotatable bonds is 6. The first-order chi connectivity index (χ1) is 6.86. The summed E-state index contributed by atoms with van der Waals surface area (Å²) >= 11 is 0. The maximum atomic E-state index is 11.7. The third kappa shape index (κ3) is 5.37. The van der Waals surface area contributed by atoms with Crippen LogP contribution in [0.2, 0.25) is 0 Å². The summed E-state index contributed by atoms with van der Waals surface area (Å²) in [5.41, 5.74) is 5.61. The Hall–Kier alpha value is -1.10. The fraction of sp³-hybridized carbons (Fsp3) is 0.800. The van der Waals surface area contributed by atoms with E-state index >= 15 is 0 Å². The number of nitrogens with two attached hydrogens (primary N) is 1. The third-order valence-corrected chi connectivity index (χ3v) is 2.44. The molecule has 0 spiro atoms. The average Bonchev–Trinajstić information content (AvgIpc) is 2.14. The van der Waals surface area contributed by atoms with E-state index in [4.69, 9.17) is 10.8 Å². The second kappa shape index (κ2) is 6.40. The standard InChI is InChI=1S/C10H20N2O3/c1-7(8(2)11)10(15)12(3)6-4-5-9(13)14/h7-8H,4-6,11H2,1-3H3,(H,13,14). The lowest BCUT2D eigenvalue weighted by Gasteiger charge is -2.23. The Morgan fingerprint density at radius 1 is 1.40 bits per heavy atom. The van der Waals surface area contributed by atoms with Gasteiger partial charge >= 0.3 is 5.97 Å². The van der Waals surface area contributed by atoms with Gasteiger partial charge in [-0.15, -0.1) is 0 Å². The van der Waals surface area contributed by atoms with Gasteiger partial charge in [-0.25, -0.2) is 0 Å². The van der Waals surface area contributed by atoms with Crippen molar-refractivity contribution in [2.45, 2.75) is 32.7 Å². The van der Waals surface area contributed by atoms with Gasteiger partial charge in [0, 0.05) is 26.1 Å². The van der Waals surface area contributed by atoms with Crippen molar-refractivity contribution in [3.05, 3.63) is 0 Å². The van der Waals surface area contributed by atoms with Crippen LogP contribution in [0, 0.1) is 5.92 Å². The molecule has 2 atom stereocenters. The van der Waals surface area contributed by atoms with Crippen molar-refractivity contribution < 1.29 is 14.7 Å². The van der Waals surface area contributed by atoms with Gasteiger partial charge < -0.3 is 15.7 Å². The van der Waals surface area contributed by atoms with E-state index in [0.29, 0.717) is 13.0 Å². The first-order valence-electron chi connectivity index (χ1n) is 5.08. The van der Waals surface area contributed by atoms with Gasteiger partial charge in [-0.2, -0.15) is 0 Å². The zero-order valence-electron chi connectivity index (χ0n) is 9.56. The van der Waals surface area contributed by atoms with E-state index in [0.717, 1.165) is 0 Å². The van der Waals surface area contributed by atoms with Crippen LogP contribution < -0.4 is 5.73 Å². The maximum absolute atomic E-state index is 11.7. The Kier molecular flexibility index (Phi) is 5.93. The minimum absolute atomic E-state index is 0.0320. The molecule has 5 heteroatoms. The Morgan fingerprint density at radius 3 is 2.33 bits per heavy atom. The molecule has 88 valence electrons. The van der Waals surface area contributed by atoms with Gasteiger partial charge in [-0.1, -0.05) is 6.92 Å². The lowest BCUT2D eigenvalue weighted by Crippen LogP contribution is -2.40. The number of hydrogen-bond acceptors (Lipinski definition) is 3. The van der Waals surface area contributed by atoms with Crippen molar-refractivity contribution in [1.29, 1.82) is 0 Å². The SMILES string of the molecule is CC(N)C(C)C(=O)N(C)CCCC(=O)O. The first-order valence-corrected chi connectivity index (χ1v) is 5.08. The lowest BCUT2D eigenvalue weighted by atomic mass is 10.0. The molecule has 5 nitrogen and oxygen atoms in total. The molecule has 0 rings (SSSR count). The van der Waals surface area contributed by atoms with E-state index in [2.05, 4.69) is 0 Å². The second-order valence-corrected chi connectivity index (χ2v) is 3.90. The highest BCUT2D eigenvalue weighted by Gasteiger charge is 2.20. The molecule has 0 aliphatic carbocycles. The number of carbonyl (C=O) groups excluding carboxylic acids is 1. The topological polar surface area (TPSA) is 83.6 Å². The monoisotopic (exact) mass is 216 g/mol. The van der Waals surface area contributed by atoms with Crippen molar-refractivity contribution in [2.24, 2.45) is 11.7 Å². The molecule has 0 radical (unpaired) electrons. The Labute approximate surface area is 90.2 Å². The van der Waals surface area contributed by atoms with E-state index in [1.54, 1.807) is 20.9 Å². The molecule has 0 aromatic heterocycles. The van der Waals surface area contributed by atoms with Gasteiger partial charge in [-0.05, 0) is 13.3 Å². The van der Waals surface area contributed by atoms with Gasteiger partial charge in [0.2, 0.25) is 5.91 Å². The Balaban J connectivity index is 3.94. The van der Waals surface area contributed by atoms with Crippen molar-refractivity contribution in [3.63, 3.8) is 0 Å². The number of hydrogen-bond donors (Lipinski definition) is 2. The van der Waals surface area contributed by atoms with Crippen LogP contribution in [0.4, 0.5) is 0 Å². The molecule has 0 aliphatic rings. The summed E-state index contributed by atoms with van der Waals surface area (Å²) in [4.78, 5) is 23.5. The minimum Gasteiger partial charge on any atom is -0.481 e. The van der Waals surface area contributed by atoms with E-state index < -0.39 is 5.97 Å². The van der Waals surface area contributed by atoms with Crippen LogP contribution >= 0.6 is 0 Å². The van der Waals surface area contributed by atoms with Crippen molar-refractivity contribution >= 4 is 11.9 Å². The van der Waals surface area contributed by atoms with Gasteiger partial charge in [0.05, 0.1) is 5.92 Å². The fourth-order valence-electron chi connectivity index (χ4n) is 1.15. The largest absolute Gasteiger partial charge is 0.481 e. The number of carbonyl (C=O) groups is 2. The summed E-state index contributed by atoms with van der Waals surface area (Å²) in [6, 6.07) is -0.181. The summed E-state index contributed by atoms with van der Waals surface area (Å²) in [6.07, 6.45) is 0.563. The molecule has 0 heterocycles. The highest BCUT2D eigenvalue weighted by molar-refractivity contribution is 5.78. The summed E-state index contributed by atoms with van der Waals surface area (Å²) in [6.45, 7) is 4.02. The molecule has 0 fully saturated rings. The van der Waals surface area contributed by atoms with Crippen LogP contribution in [0.5, 0.6) is 0 Å². The molecule has 0 aliphatic heterocycles. The van der Waals surface area contributed by atoms with Crippen LogP contribution in [0.3, 0.4) is 0 Å². The lowest BCUT2D eigenvalue weighted by molar-refractivity contribution is -0.138. The van der Waals surface area contributed by atoms with E-state index in [-0.39, 0.29) is 24.3 Å². The highest BCUT2D eigenvalue weighted by Crippen LogP contribution is 2.05. The van der Waals surface area contributed by atoms with Crippen molar-refractivity contribution in [1.82, 2.24) is 4.90 Å². The molecule has 3 N–H and O–H groups in total. The molecular formula is C10H20N2O3.